The minimum Gasteiger partial charge on any atom is -0.475 e. The van der Waals surface area contributed by atoms with E-state index in [9.17, 15) is 9.59 Å². The van der Waals surface area contributed by atoms with Crippen LogP contribution in [0.4, 0.5) is 0 Å². The second-order valence-electron chi connectivity index (χ2n) is 3.17. The molecule has 0 spiro atoms. The van der Waals surface area contributed by atoms with Crippen LogP contribution in [0.25, 0.3) is 0 Å². The van der Waals surface area contributed by atoms with Gasteiger partial charge in [0.05, 0.1) is 6.10 Å². The number of aliphatic hydroxyl groups is 1. The molecule has 1 fully saturated rings. The number of aliphatic hydroxyl groups excluding tert-OH is 1. The van der Waals surface area contributed by atoms with Gasteiger partial charge in [0.2, 0.25) is 5.78 Å². The largest absolute Gasteiger partial charge is 0.475 e. The van der Waals surface area contributed by atoms with Crippen LogP contribution >= 0.6 is 0 Å². The van der Waals surface area contributed by atoms with E-state index >= 15 is 0 Å². The Kier molecular flexibility index (Phi) is 2.81. The van der Waals surface area contributed by atoms with Gasteiger partial charge in [0, 0.05) is 5.92 Å². The number of carbonyl (C=O) groups is 2. The highest BCUT2D eigenvalue weighted by Gasteiger charge is 2.28. The quantitative estimate of drug-likeness (QED) is 0.583. The lowest BCUT2D eigenvalue weighted by Crippen LogP contribution is -2.28. The van der Waals surface area contributed by atoms with Crippen molar-refractivity contribution < 1.29 is 19.8 Å². The number of carboxylic acids is 1. The highest BCUT2D eigenvalue weighted by molar-refractivity contribution is 6.33. The van der Waals surface area contributed by atoms with Crippen LogP contribution < -0.4 is 0 Å². The first-order chi connectivity index (χ1) is 5.61. The minimum absolute atomic E-state index is 0.345. The predicted molar refractivity (Wildman–Crippen MR) is 40.6 cm³/mol. The van der Waals surface area contributed by atoms with Crippen molar-refractivity contribution in [3.05, 3.63) is 0 Å². The highest BCUT2D eigenvalue weighted by atomic mass is 16.4. The molecule has 0 aromatic carbocycles. The third kappa shape index (κ3) is 2.04. The lowest BCUT2D eigenvalue weighted by Gasteiger charge is -2.22. The van der Waals surface area contributed by atoms with E-state index in [4.69, 9.17) is 10.2 Å². The van der Waals surface area contributed by atoms with E-state index in [-0.39, 0.29) is 12.0 Å². The zero-order chi connectivity index (χ0) is 9.14. The number of Topliss-reactive ketones (excluding diaryl/α,β-unsaturated/α-hetero) is 1. The molecule has 0 bridgehead atoms. The first-order valence-electron chi connectivity index (χ1n) is 4.06. The molecule has 1 rings (SSSR count). The van der Waals surface area contributed by atoms with Crippen LogP contribution in [0.2, 0.25) is 0 Å². The summed E-state index contributed by atoms with van der Waals surface area (Å²) >= 11 is 0. The summed E-state index contributed by atoms with van der Waals surface area (Å²) in [5, 5.41) is 17.5. The SMILES string of the molecule is O=C(O)C(=O)C1CCC(O)CC1. The number of ketones is 1. The van der Waals surface area contributed by atoms with Crippen LogP contribution in [0.3, 0.4) is 0 Å². The molecule has 4 nitrogen and oxygen atoms in total. The smallest absolute Gasteiger partial charge is 0.372 e. The Bertz CT molecular complexity index is 191. The zero-order valence-electron chi connectivity index (χ0n) is 6.69. The van der Waals surface area contributed by atoms with Gasteiger partial charge in [0.15, 0.2) is 0 Å². The van der Waals surface area contributed by atoms with Gasteiger partial charge in [-0.1, -0.05) is 0 Å². The summed E-state index contributed by atoms with van der Waals surface area (Å²) < 4.78 is 0. The first kappa shape index (κ1) is 9.19. The number of hydrogen-bond donors (Lipinski definition) is 2. The van der Waals surface area contributed by atoms with Crippen molar-refractivity contribution in [1.29, 1.82) is 0 Å². The molecule has 0 unspecified atom stereocenters. The molecule has 1 saturated carbocycles. The fourth-order valence-electron chi connectivity index (χ4n) is 1.51. The van der Waals surface area contributed by atoms with Gasteiger partial charge in [-0.3, -0.25) is 4.79 Å². The lowest BCUT2D eigenvalue weighted by molar-refractivity contribution is -0.151. The summed E-state index contributed by atoms with van der Waals surface area (Å²) in [4.78, 5) is 21.2. The molecule has 1 aliphatic rings. The van der Waals surface area contributed by atoms with Gasteiger partial charge >= 0.3 is 5.97 Å². The fraction of sp³-hybridized carbons (Fsp3) is 0.750. The third-order valence-corrected chi connectivity index (χ3v) is 2.28. The summed E-state index contributed by atoms with van der Waals surface area (Å²) in [5.41, 5.74) is 0. The number of carbonyl (C=O) groups excluding carboxylic acids is 1. The number of carboxylic acid groups (broad SMARTS) is 1. The molecular formula is C8H12O4. The van der Waals surface area contributed by atoms with Crippen molar-refractivity contribution in [3.63, 3.8) is 0 Å². The zero-order valence-corrected chi connectivity index (χ0v) is 6.69. The van der Waals surface area contributed by atoms with Crippen molar-refractivity contribution in [2.45, 2.75) is 31.8 Å². The Morgan fingerprint density at radius 3 is 2.00 bits per heavy atom. The average molecular weight is 172 g/mol. The van der Waals surface area contributed by atoms with Crippen LogP contribution in [0.15, 0.2) is 0 Å². The van der Waals surface area contributed by atoms with E-state index in [2.05, 4.69) is 0 Å². The average Bonchev–Trinajstić information content (AvgIpc) is 2.04. The molecule has 0 aliphatic heterocycles. The van der Waals surface area contributed by atoms with Gasteiger partial charge in [-0.2, -0.15) is 0 Å². The third-order valence-electron chi connectivity index (χ3n) is 2.28. The van der Waals surface area contributed by atoms with Crippen LogP contribution in [-0.4, -0.2) is 28.1 Å². The van der Waals surface area contributed by atoms with Gasteiger partial charge in [0.25, 0.3) is 0 Å². The first-order valence-corrected chi connectivity index (χ1v) is 4.06. The Morgan fingerprint density at radius 1 is 1.08 bits per heavy atom. The number of aliphatic carboxylic acids is 1. The van der Waals surface area contributed by atoms with Crippen molar-refractivity contribution in [2.24, 2.45) is 5.92 Å². The highest BCUT2D eigenvalue weighted by Crippen LogP contribution is 2.24. The maximum Gasteiger partial charge on any atom is 0.372 e. The normalized spacial score (nSPS) is 29.8. The second kappa shape index (κ2) is 3.67. The molecule has 4 heteroatoms. The van der Waals surface area contributed by atoms with Crippen LogP contribution in [0.5, 0.6) is 0 Å². The fourth-order valence-corrected chi connectivity index (χ4v) is 1.51. The van der Waals surface area contributed by atoms with Crippen LogP contribution in [-0.2, 0) is 9.59 Å². The molecule has 0 amide bonds. The van der Waals surface area contributed by atoms with E-state index in [1.165, 1.54) is 0 Å². The molecule has 0 aromatic heterocycles. The van der Waals surface area contributed by atoms with Gasteiger partial charge in [0.1, 0.15) is 0 Å². The second-order valence-corrected chi connectivity index (χ2v) is 3.17. The minimum atomic E-state index is -1.35. The Balaban J connectivity index is 2.44. The molecule has 12 heavy (non-hydrogen) atoms. The van der Waals surface area contributed by atoms with Crippen molar-refractivity contribution >= 4 is 11.8 Å². The van der Waals surface area contributed by atoms with Gasteiger partial charge in [-0.25, -0.2) is 4.79 Å². The van der Waals surface area contributed by atoms with Gasteiger partial charge < -0.3 is 10.2 Å². The Labute approximate surface area is 70.2 Å². The van der Waals surface area contributed by atoms with E-state index in [1.807, 2.05) is 0 Å². The Hall–Kier alpha value is -0.900. The van der Waals surface area contributed by atoms with Gasteiger partial charge in [-0.05, 0) is 25.7 Å². The summed E-state index contributed by atoms with van der Waals surface area (Å²) in [6, 6.07) is 0. The molecule has 68 valence electrons. The van der Waals surface area contributed by atoms with E-state index in [0.29, 0.717) is 25.7 Å². The monoisotopic (exact) mass is 172 g/mol. The predicted octanol–water partition coefficient (Wildman–Crippen LogP) is 0.191. The van der Waals surface area contributed by atoms with Crippen LogP contribution in [0, 0.1) is 5.92 Å². The molecule has 0 aromatic rings. The summed E-state index contributed by atoms with van der Waals surface area (Å²) in [6.07, 6.45) is 1.76. The molecule has 0 atom stereocenters. The Morgan fingerprint density at radius 2 is 1.58 bits per heavy atom. The molecule has 0 saturated heterocycles. The topological polar surface area (TPSA) is 74.6 Å². The van der Waals surface area contributed by atoms with Crippen LogP contribution in [0.1, 0.15) is 25.7 Å². The van der Waals surface area contributed by atoms with Gasteiger partial charge in [-0.15, -0.1) is 0 Å². The van der Waals surface area contributed by atoms with Crippen molar-refractivity contribution in [2.75, 3.05) is 0 Å². The molecule has 2 N–H and O–H groups in total. The molecule has 0 radical (unpaired) electrons. The van der Waals surface area contributed by atoms with E-state index < -0.39 is 11.8 Å². The van der Waals surface area contributed by atoms with E-state index in [1.54, 1.807) is 0 Å². The van der Waals surface area contributed by atoms with Crippen molar-refractivity contribution in [3.8, 4) is 0 Å². The standard InChI is InChI=1S/C8H12O4/c9-6-3-1-5(2-4-6)7(10)8(11)12/h5-6,9H,1-4H2,(H,11,12). The van der Waals surface area contributed by atoms with E-state index in [0.717, 1.165) is 0 Å². The van der Waals surface area contributed by atoms with Crippen molar-refractivity contribution in [1.82, 2.24) is 0 Å². The molecule has 0 heterocycles. The summed E-state index contributed by atoms with van der Waals surface area (Å²) in [7, 11) is 0. The molecular weight excluding hydrogens is 160 g/mol. The lowest BCUT2D eigenvalue weighted by atomic mass is 9.85. The maximum atomic E-state index is 10.9. The molecule has 1 aliphatic carbocycles. The maximum absolute atomic E-state index is 10.9. The summed E-state index contributed by atoms with van der Waals surface area (Å²) in [6.45, 7) is 0. The number of hydrogen-bond acceptors (Lipinski definition) is 3. The number of rotatable bonds is 2. The summed E-state index contributed by atoms with van der Waals surface area (Å²) in [5.74, 6) is -2.43.